The molecule has 1 aliphatic rings. The van der Waals surface area contributed by atoms with Gasteiger partial charge in [0.15, 0.2) is 0 Å². The lowest BCUT2D eigenvalue weighted by atomic mass is 10.0. The summed E-state index contributed by atoms with van der Waals surface area (Å²) in [6.07, 6.45) is 2.12. The fourth-order valence-corrected chi connectivity index (χ4v) is 5.20. The molecule has 5 rings (SSSR count). The molecule has 4 aromatic rings. The Morgan fingerprint density at radius 1 is 1.18 bits per heavy atom. The number of carbonyl (C=O) groups is 2. The SMILES string of the molecule is O=C(Nc1ccc(Cl)c(C(F)(F)F)c1)c1csc2c1CCN(C(=O)c1cnn3ccncc13)C2. The minimum absolute atomic E-state index is 0.00372. The largest absolute Gasteiger partial charge is 0.417 e. The Morgan fingerprint density at radius 2 is 2.00 bits per heavy atom. The zero-order chi connectivity index (χ0) is 24.0. The minimum Gasteiger partial charge on any atom is -0.333 e. The number of benzene rings is 1. The zero-order valence-electron chi connectivity index (χ0n) is 17.3. The number of amides is 2. The minimum atomic E-state index is -4.63. The number of nitrogens with one attached hydrogen (secondary N) is 1. The molecule has 1 aromatic carbocycles. The number of halogens is 4. The van der Waals surface area contributed by atoms with Gasteiger partial charge in [-0.15, -0.1) is 11.3 Å². The van der Waals surface area contributed by atoms with E-state index in [-0.39, 0.29) is 11.6 Å². The average Bonchev–Trinajstić information content (AvgIpc) is 3.43. The topological polar surface area (TPSA) is 79.6 Å². The second-order valence-corrected chi connectivity index (χ2v) is 9.01. The van der Waals surface area contributed by atoms with Crippen molar-refractivity contribution in [2.75, 3.05) is 11.9 Å². The lowest BCUT2D eigenvalue weighted by molar-refractivity contribution is -0.137. The number of alkyl halides is 3. The van der Waals surface area contributed by atoms with E-state index in [9.17, 15) is 22.8 Å². The number of aromatic nitrogens is 3. The van der Waals surface area contributed by atoms with Crippen LogP contribution >= 0.6 is 22.9 Å². The summed E-state index contributed by atoms with van der Waals surface area (Å²) >= 11 is 6.98. The van der Waals surface area contributed by atoms with Gasteiger partial charge in [-0.05, 0) is 30.2 Å². The predicted molar refractivity (Wildman–Crippen MR) is 120 cm³/mol. The van der Waals surface area contributed by atoms with Gasteiger partial charge in [0.1, 0.15) is 0 Å². The molecule has 34 heavy (non-hydrogen) atoms. The second-order valence-electron chi connectivity index (χ2n) is 7.64. The first-order valence-electron chi connectivity index (χ1n) is 10.1. The van der Waals surface area contributed by atoms with Crippen LogP contribution < -0.4 is 5.32 Å². The standard InChI is InChI=1S/C22H15ClF3N5O2S/c23-17-2-1-12(7-16(17)22(24,25)26)29-20(32)15-11-34-19-10-30(5-3-13(15)19)21(33)14-8-28-31-6-4-27-9-18(14)31/h1-2,4,6-9,11H,3,5,10H2,(H,29,32). The molecule has 3 aromatic heterocycles. The molecule has 174 valence electrons. The van der Waals surface area contributed by atoms with Crippen molar-refractivity contribution in [3.8, 4) is 0 Å². The highest BCUT2D eigenvalue weighted by molar-refractivity contribution is 7.10. The molecule has 1 aliphatic heterocycles. The van der Waals surface area contributed by atoms with Crippen LogP contribution in [0.3, 0.4) is 0 Å². The Hall–Kier alpha value is -3.44. The molecule has 1 N–H and O–H groups in total. The summed E-state index contributed by atoms with van der Waals surface area (Å²) in [6, 6.07) is 3.23. The van der Waals surface area contributed by atoms with Gasteiger partial charge < -0.3 is 10.2 Å². The Kier molecular flexibility index (Phi) is 5.53. The van der Waals surface area contributed by atoms with Crippen LogP contribution in [0.15, 0.2) is 48.4 Å². The van der Waals surface area contributed by atoms with Crippen molar-refractivity contribution in [2.45, 2.75) is 19.1 Å². The number of fused-ring (bicyclic) bond motifs is 2. The number of carbonyl (C=O) groups excluding carboxylic acids is 2. The summed E-state index contributed by atoms with van der Waals surface area (Å²) in [5.74, 6) is -0.699. The van der Waals surface area contributed by atoms with Gasteiger partial charge in [0.2, 0.25) is 0 Å². The fraction of sp³-hybridized carbons (Fsp3) is 0.182. The quantitative estimate of drug-likeness (QED) is 0.429. The van der Waals surface area contributed by atoms with Crippen LogP contribution in [0.5, 0.6) is 0 Å². The molecule has 2 amide bonds. The van der Waals surface area contributed by atoms with E-state index in [4.69, 9.17) is 11.6 Å². The second kappa shape index (κ2) is 8.41. The van der Waals surface area contributed by atoms with E-state index in [0.29, 0.717) is 36.2 Å². The van der Waals surface area contributed by atoms with Crippen molar-refractivity contribution in [2.24, 2.45) is 0 Å². The van der Waals surface area contributed by atoms with Crippen LogP contribution in [0.1, 0.15) is 36.7 Å². The molecule has 0 unspecified atom stereocenters. The lowest BCUT2D eigenvalue weighted by Crippen LogP contribution is -2.35. The number of thiophene rings is 1. The Labute approximate surface area is 199 Å². The van der Waals surface area contributed by atoms with Gasteiger partial charge >= 0.3 is 6.18 Å². The van der Waals surface area contributed by atoms with Gasteiger partial charge in [-0.3, -0.25) is 14.6 Å². The summed E-state index contributed by atoms with van der Waals surface area (Å²) < 4.78 is 40.9. The molecule has 0 bridgehead atoms. The molecular formula is C22H15ClF3N5O2S. The summed E-state index contributed by atoms with van der Waals surface area (Å²) in [4.78, 5) is 32.5. The maximum absolute atomic E-state index is 13.1. The number of hydrogen-bond donors (Lipinski definition) is 1. The van der Waals surface area contributed by atoms with Crippen molar-refractivity contribution in [1.29, 1.82) is 0 Å². The van der Waals surface area contributed by atoms with Crippen LogP contribution in [0.25, 0.3) is 5.52 Å². The van der Waals surface area contributed by atoms with Crippen molar-refractivity contribution in [1.82, 2.24) is 19.5 Å². The molecule has 0 fully saturated rings. The van der Waals surface area contributed by atoms with E-state index in [2.05, 4.69) is 15.4 Å². The first-order chi connectivity index (χ1) is 16.2. The molecular weight excluding hydrogens is 491 g/mol. The maximum Gasteiger partial charge on any atom is 0.417 e. The van der Waals surface area contributed by atoms with Crippen LogP contribution in [-0.2, 0) is 19.1 Å². The normalized spacial score (nSPS) is 13.7. The summed E-state index contributed by atoms with van der Waals surface area (Å²) in [5.41, 5.74) is 1.20. The monoisotopic (exact) mass is 505 g/mol. The van der Waals surface area contributed by atoms with Crippen molar-refractivity contribution >= 4 is 46.0 Å². The predicted octanol–water partition coefficient (Wildman–Crippen LogP) is 4.91. The van der Waals surface area contributed by atoms with Gasteiger partial charge in [0.05, 0.1) is 46.2 Å². The van der Waals surface area contributed by atoms with E-state index in [1.165, 1.54) is 23.6 Å². The lowest BCUT2D eigenvalue weighted by Gasteiger charge is -2.27. The molecule has 7 nitrogen and oxygen atoms in total. The van der Waals surface area contributed by atoms with E-state index in [1.54, 1.807) is 33.4 Å². The summed E-state index contributed by atoms with van der Waals surface area (Å²) in [7, 11) is 0. The highest BCUT2D eigenvalue weighted by Crippen LogP contribution is 2.36. The highest BCUT2D eigenvalue weighted by atomic mass is 35.5. The molecule has 0 spiro atoms. The first kappa shape index (κ1) is 22.4. The molecule has 0 radical (unpaired) electrons. The Balaban J connectivity index is 1.34. The smallest absolute Gasteiger partial charge is 0.333 e. The summed E-state index contributed by atoms with van der Waals surface area (Å²) in [5, 5.41) is 7.92. The van der Waals surface area contributed by atoms with Gasteiger partial charge in [0.25, 0.3) is 11.8 Å². The number of nitrogens with zero attached hydrogens (tertiary/aromatic N) is 4. The number of hydrogen-bond acceptors (Lipinski definition) is 5. The molecule has 0 atom stereocenters. The van der Waals surface area contributed by atoms with Gasteiger partial charge in [-0.25, -0.2) is 4.52 Å². The van der Waals surface area contributed by atoms with E-state index < -0.39 is 22.7 Å². The first-order valence-corrected chi connectivity index (χ1v) is 11.3. The van der Waals surface area contributed by atoms with Crippen LogP contribution in [0.4, 0.5) is 18.9 Å². The number of anilines is 1. The van der Waals surface area contributed by atoms with Crippen LogP contribution in [-0.4, -0.2) is 37.9 Å². The average molecular weight is 506 g/mol. The maximum atomic E-state index is 13.1. The van der Waals surface area contributed by atoms with Crippen molar-refractivity contribution < 1.29 is 22.8 Å². The van der Waals surface area contributed by atoms with Gasteiger partial charge in [-0.2, -0.15) is 18.3 Å². The van der Waals surface area contributed by atoms with E-state index in [1.807, 2.05) is 0 Å². The molecule has 0 aliphatic carbocycles. The fourth-order valence-electron chi connectivity index (χ4n) is 3.88. The van der Waals surface area contributed by atoms with Crippen LogP contribution in [0, 0.1) is 0 Å². The molecule has 0 saturated heterocycles. The van der Waals surface area contributed by atoms with E-state index in [0.717, 1.165) is 22.6 Å². The molecule has 0 saturated carbocycles. The van der Waals surface area contributed by atoms with E-state index >= 15 is 0 Å². The molecule has 4 heterocycles. The van der Waals surface area contributed by atoms with Crippen LogP contribution in [0.2, 0.25) is 5.02 Å². The van der Waals surface area contributed by atoms with Crippen molar-refractivity contribution in [3.63, 3.8) is 0 Å². The highest BCUT2D eigenvalue weighted by Gasteiger charge is 2.34. The van der Waals surface area contributed by atoms with Gasteiger partial charge in [-0.1, -0.05) is 11.6 Å². The number of rotatable bonds is 3. The Morgan fingerprint density at radius 3 is 2.79 bits per heavy atom. The third-order valence-corrected chi connectivity index (χ3v) is 6.91. The van der Waals surface area contributed by atoms with Crippen molar-refractivity contribution in [3.05, 3.63) is 80.5 Å². The third kappa shape index (κ3) is 4.01. The summed E-state index contributed by atoms with van der Waals surface area (Å²) in [6.45, 7) is 0.711. The molecule has 12 heteroatoms. The van der Waals surface area contributed by atoms with Gasteiger partial charge in [0, 0.05) is 34.9 Å². The third-order valence-electron chi connectivity index (χ3n) is 5.56. The Bertz CT molecular complexity index is 1430. The zero-order valence-corrected chi connectivity index (χ0v) is 18.8.